The van der Waals surface area contributed by atoms with Crippen molar-refractivity contribution in [1.29, 1.82) is 0 Å². The van der Waals surface area contributed by atoms with Gasteiger partial charge in [0.05, 0.1) is 25.8 Å². The van der Waals surface area contributed by atoms with Crippen molar-refractivity contribution in [2.75, 3.05) is 42.6 Å². The number of aromatic nitrogens is 2. The fourth-order valence-electron chi connectivity index (χ4n) is 3.56. The zero-order valence-corrected chi connectivity index (χ0v) is 16.5. The maximum Gasteiger partial charge on any atom is 0.409 e. The number of carbonyl (C=O) groups excluding carboxylic acids is 1. The molecule has 2 aliphatic rings. The first-order valence-corrected chi connectivity index (χ1v) is 9.53. The van der Waals surface area contributed by atoms with Gasteiger partial charge in [-0.25, -0.2) is 0 Å². The van der Waals surface area contributed by atoms with Crippen molar-refractivity contribution in [2.45, 2.75) is 45.5 Å². The van der Waals surface area contributed by atoms with Gasteiger partial charge in [-0.2, -0.15) is 22.5 Å². The van der Waals surface area contributed by atoms with E-state index >= 15 is 0 Å². The SMILES string of the molecule is CC(C)C(=O)CN1CCC(C(F)(F)F)n2c1nc(N1CCOCC1C)c(F)c2=O. The number of ether oxygens (including phenoxy) is 1. The van der Waals surface area contributed by atoms with E-state index in [0.717, 1.165) is 0 Å². The first kappa shape index (κ1) is 21.5. The highest BCUT2D eigenvalue weighted by Gasteiger charge is 2.47. The molecule has 2 unspecified atom stereocenters. The van der Waals surface area contributed by atoms with Crippen molar-refractivity contribution in [2.24, 2.45) is 5.92 Å². The van der Waals surface area contributed by atoms with Crippen molar-refractivity contribution in [3.05, 3.63) is 16.2 Å². The number of ketones is 1. The van der Waals surface area contributed by atoms with E-state index in [2.05, 4.69) is 4.98 Å². The average molecular weight is 420 g/mol. The molecule has 0 saturated carbocycles. The molecule has 0 spiro atoms. The summed E-state index contributed by atoms with van der Waals surface area (Å²) in [6.07, 6.45) is -5.20. The van der Waals surface area contributed by atoms with Gasteiger partial charge in [0.15, 0.2) is 11.6 Å². The van der Waals surface area contributed by atoms with Crippen LogP contribution in [0.15, 0.2) is 4.79 Å². The zero-order chi connectivity index (χ0) is 21.5. The average Bonchev–Trinajstić information content (AvgIpc) is 2.64. The Morgan fingerprint density at radius 2 is 2.00 bits per heavy atom. The Morgan fingerprint density at radius 3 is 2.59 bits per heavy atom. The summed E-state index contributed by atoms with van der Waals surface area (Å²) >= 11 is 0. The Balaban J connectivity index is 2.14. The summed E-state index contributed by atoms with van der Waals surface area (Å²) in [5, 5.41) is 0. The fraction of sp³-hybridized carbons (Fsp3) is 0.722. The molecule has 1 aromatic heterocycles. The van der Waals surface area contributed by atoms with Crippen molar-refractivity contribution in [3.63, 3.8) is 0 Å². The van der Waals surface area contributed by atoms with Crippen LogP contribution in [0.2, 0.25) is 0 Å². The highest BCUT2D eigenvalue weighted by molar-refractivity contribution is 5.84. The van der Waals surface area contributed by atoms with Crippen molar-refractivity contribution in [3.8, 4) is 0 Å². The van der Waals surface area contributed by atoms with Crippen LogP contribution in [0, 0.1) is 11.7 Å². The quantitative estimate of drug-likeness (QED) is 0.696. The van der Waals surface area contributed by atoms with Gasteiger partial charge in [-0.15, -0.1) is 0 Å². The first-order chi connectivity index (χ1) is 13.5. The van der Waals surface area contributed by atoms with Gasteiger partial charge in [-0.1, -0.05) is 13.8 Å². The van der Waals surface area contributed by atoms with E-state index < -0.39 is 30.0 Å². The lowest BCUT2D eigenvalue weighted by molar-refractivity contribution is -0.171. The second-order valence-electron chi connectivity index (χ2n) is 7.73. The lowest BCUT2D eigenvalue weighted by atomic mass is 10.1. The summed E-state index contributed by atoms with van der Waals surface area (Å²) in [7, 11) is 0. The molecule has 2 atom stereocenters. The Bertz CT molecular complexity index is 840. The monoisotopic (exact) mass is 420 g/mol. The van der Waals surface area contributed by atoms with Crippen LogP contribution in [0.1, 0.15) is 33.2 Å². The molecule has 1 saturated heterocycles. The van der Waals surface area contributed by atoms with E-state index in [1.54, 1.807) is 20.8 Å². The van der Waals surface area contributed by atoms with Crippen LogP contribution in [0.5, 0.6) is 0 Å². The number of nitrogens with zero attached hydrogens (tertiary/aromatic N) is 4. The molecule has 0 radical (unpaired) electrons. The Hall–Kier alpha value is -2.17. The van der Waals surface area contributed by atoms with Crippen LogP contribution in [-0.4, -0.2) is 60.4 Å². The van der Waals surface area contributed by atoms with Gasteiger partial charge in [0.1, 0.15) is 6.04 Å². The molecule has 0 N–H and O–H groups in total. The number of Topliss-reactive ketones (excluding diaryl/α,β-unsaturated/α-hetero) is 1. The Morgan fingerprint density at radius 1 is 1.31 bits per heavy atom. The fourth-order valence-corrected chi connectivity index (χ4v) is 3.56. The van der Waals surface area contributed by atoms with Crippen LogP contribution >= 0.6 is 0 Å². The molecule has 1 aromatic rings. The number of anilines is 2. The van der Waals surface area contributed by atoms with E-state index in [1.165, 1.54) is 9.80 Å². The van der Waals surface area contributed by atoms with Gasteiger partial charge >= 0.3 is 6.18 Å². The molecule has 0 aromatic carbocycles. The predicted molar refractivity (Wildman–Crippen MR) is 97.8 cm³/mol. The lowest BCUT2D eigenvalue weighted by Gasteiger charge is -2.39. The zero-order valence-electron chi connectivity index (χ0n) is 16.5. The molecule has 3 heterocycles. The molecular weight excluding hydrogens is 396 g/mol. The molecule has 0 amide bonds. The van der Waals surface area contributed by atoms with Gasteiger partial charge in [-0.3, -0.25) is 14.2 Å². The molecule has 29 heavy (non-hydrogen) atoms. The maximum atomic E-state index is 14.9. The smallest absolute Gasteiger partial charge is 0.377 e. The first-order valence-electron chi connectivity index (χ1n) is 9.53. The summed E-state index contributed by atoms with van der Waals surface area (Å²) in [5.41, 5.74) is -1.38. The van der Waals surface area contributed by atoms with Crippen LogP contribution in [0.3, 0.4) is 0 Å². The predicted octanol–water partition coefficient (Wildman–Crippen LogP) is 2.15. The Kier molecular flexibility index (Phi) is 5.88. The third kappa shape index (κ3) is 4.10. The number of morpholine rings is 1. The second kappa shape index (κ2) is 7.92. The van der Waals surface area contributed by atoms with Crippen molar-refractivity contribution >= 4 is 17.5 Å². The molecule has 0 bridgehead atoms. The minimum atomic E-state index is -4.74. The number of alkyl halides is 3. The lowest BCUT2D eigenvalue weighted by Crippen LogP contribution is -2.50. The molecule has 3 rings (SSSR count). The third-order valence-electron chi connectivity index (χ3n) is 5.30. The van der Waals surface area contributed by atoms with Crippen LogP contribution in [-0.2, 0) is 9.53 Å². The molecule has 11 heteroatoms. The highest BCUT2D eigenvalue weighted by Crippen LogP contribution is 2.38. The Labute approximate surface area is 165 Å². The number of hydrogen-bond acceptors (Lipinski definition) is 6. The van der Waals surface area contributed by atoms with Crippen molar-refractivity contribution < 1.29 is 27.1 Å². The van der Waals surface area contributed by atoms with Gasteiger partial charge in [0.2, 0.25) is 11.8 Å². The van der Waals surface area contributed by atoms with Gasteiger partial charge in [0, 0.05) is 19.0 Å². The number of carbonyl (C=O) groups is 1. The summed E-state index contributed by atoms with van der Waals surface area (Å²) < 4.78 is 61.2. The van der Waals surface area contributed by atoms with E-state index in [1.807, 2.05) is 0 Å². The molecule has 7 nitrogen and oxygen atoms in total. The van der Waals surface area contributed by atoms with Crippen LogP contribution < -0.4 is 15.4 Å². The van der Waals surface area contributed by atoms with E-state index in [9.17, 15) is 27.2 Å². The number of halogens is 4. The van der Waals surface area contributed by atoms with Gasteiger partial charge in [0.25, 0.3) is 5.56 Å². The molecule has 2 aliphatic heterocycles. The largest absolute Gasteiger partial charge is 0.409 e. The van der Waals surface area contributed by atoms with E-state index in [0.29, 0.717) is 4.57 Å². The summed E-state index contributed by atoms with van der Waals surface area (Å²) in [4.78, 5) is 31.9. The summed E-state index contributed by atoms with van der Waals surface area (Å²) in [6.45, 7) is 5.60. The second-order valence-corrected chi connectivity index (χ2v) is 7.73. The standard InChI is InChI=1S/C18H24F4N4O3/c1-10(2)12(27)8-24-5-4-13(18(20,21)22)26-16(28)14(19)15(23-17(24)26)25-6-7-29-9-11(25)3/h10-11,13H,4-9H2,1-3H3. The molecule has 1 fully saturated rings. The molecule has 0 aliphatic carbocycles. The number of fused-ring (bicyclic) bond motifs is 1. The number of rotatable bonds is 4. The normalized spacial score (nSPS) is 22.8. The molecular formula is C18H24F4N4O3. The summed E-state index contributed by atoms with van der Waals surface area (Å²) in [5.74, 6) is -2.50. The third-order valence-corrected chi connectivity index (χ3v) is 5.30. The maximum absolute atomic E-state index is 14.9. The van der Waals surface area contributed by atoms with Gasteiger partial charge in [-0.05, 0) is 13.3 Å². The van der Waals surface area contributed by atoms with Crippen LogP contribution in [0.25, 0.3) is 0 Å². The summed E-state index contributed by atoms with van der Waals surface area (Å²) in [6, 6.07) is -2.49. The number of hydrogen-bond donors (Lipinski definition) is 0. The van der Waals surface area contributed by atoms with E-state index in [4.69, 9.17) is 4.74 Å². The van der Waals surface area contributed by atoms with Crippen LogP contribution in [0.4, 0.5) is 29.3 Å². The molecule has 162 valence electrons. The topological polar surface area (TPSA) is 67.7 Å². The highest BCUT2D eigenvalue weighted by atomic mass is 19.4. The minimum Gasteiger partial charge on any atom is -0.377 e. The van der Waals surface area contributed by atoms with E-state index in [-0.39, 0.29) is 62.4 Å². The van der Waals surface area contributed by atoms with Crippen molar-refractivity contribution in [1.82, 2.24) is 9.55 Å². The minimum absolute atomic E-state index is 0.112. The van der Waals surface area contributed by atoms with Gasteiger partial charge < -0.3 is 14.5 Å².